The maximum absolute atomic E-state index is 13.5. The summed E-state index contributed by atoms with van der Waals surface area (Å²) < 4.78 is 28.1. The zero-order chi connectivity index (χ0) is 24.9. The van der Waals surface area contributed by atoms with Crippen molar-refractivity contribution in [3.8, 4) is 28.4 Å². The van der Waals surface area contributed by atoms with Crippen molar-refractivity contribution in [2.24, 2.45) is 0 Å². The molecule has 0 aliphatic carbocycles. The number of rotatable bonds is 5. The van der Waals surface area contributed by atoms with Crippen LogP contribution in [0.1, 0.15) is 18.2 Å². The largest absolute Gasteiger partial charge is 0.462 e. The SMILES string of the molecule is CCc1cc2c(=O)c(-c3ccc4c(c3)OCO4)c(C)oc2cc1O[C@H]1O[C@H](CO)[C@@H](O)[C@@H](O)[C@@H]1O. The quantitative estimate of drug-likeness (QED) is 0.415. The van der Waals surface area contributed by atoms with Crippen LogP contribution in [0.3, 0.4) is 0 Å². The van der Waals surface area contributed by atoms with E-state index in [0.717, 1.165) is 0 Å². The van der Waals surface area contributed by atoms with E-state index in [1.54, 1.807) is 31.2 Å². The number of hydrogen-bond donors (Lipinski definition) is 4. The first kappa shape index (κ1) is 23.6. The average molecular weight is 486 g/mol. The minimum Gasteiger partial charge on any atom is -0.462 e. The summed E-state index contributed by atoms with van der Waals surface area (Å²) in [5.74, 6) is 1.84. The summed E-state index contributed by atoms with van der Waals surface area (Å²) >= 11 is 0. The fourth-order valence-corrected chi connectivity index (χ4v) is 4.44. The summed E-state index contributed by atoms with van der Waals surface area (Å²) in [5, 5.41) is 40.2. The van der Waals surface area contributed by atoms with Crippen LogP contribution in [0.15, 0.2) is 39.5 Å². The van der Waals surface area contributed by atoms with Crippen LogP contribution in [0.2, 0.25) is 0 Å². The molecule has 0 saturated carbocycles. The van der Waals surface area contributed by atoms with Crippen LogP contribution < -0.4 is 19.6 Å². The van der Waals surface area contributed by atoms with E-state index in [-0.39, 0.29) is 23.6 Å². The molecule has 5 atom stereocenters. The van der Waals surface area contributed by atoms with Crippen LogP contribution in [0, 0.1) is 6.92 Å². The molecule has 2 aromatic carbocycles. The lowest BCUT2D eigenvalue weighted by atomic mass is 9.99. The third-order valence-electron chi connectivity index (χ3n) is 6.38. The van der Waals surface area contributed by atoms with Crippen LogP contribution in [0.4, 0.5) is 0 Å². The lowest BCUT2D eigenvalue weighted by molar-refractivity contribution is -0.277. The summed E-state index contributed by atoms with van der Waals surface area (Å²) in [6.45, 7) is 3.11. The van der Waals surface area contributed by atoms with Crippen LogP contribution >= 0.6 is 0 Å². The molecule has 1 aromatic heterocycles. The maximum Gasteiger partial charge on any atom is 0.231 e. The Hall–Kier alpha value is -3.15. The Kier molecular flexibility index (Phi) is 6.16. The molecule has 0 bridgehead atoms. The molecule has 3 aromatic rings. The van der Waals surface area contributed by atoms with Gasteiger partial charge in [0.05, 0.1) is 17.6 Å². The summed E-state index contributed by atoms with van der Waals surface area (Å²) in [7, 11) is 0. The predicted octanol–water partition coefficient (Wildman–Crippen LogP) is 1.24. The molecule has 0 amide bonds. The van der Waals surface area contributed by atoms with Crippen LogP contribution in [0.5, 0.6) is 17.2 Å². The molecular weight excluding hydrogens is 460 g/mol. The van der Waals surface area contributed by atoms with E-state index in [2.05, 4.69) is 0 Å². The van der Waals surface area contributed by atoms with Gasteiger partial charge in [-0.25, -0.2) is 0 Å². The Morgan fingerprint density at radius 1 is 1.03 bits per heavy atom. The Labute approximate surface area is 199 Å². The zero-order valence-corrected chi connectivity index (χ0v) is 19.1. The van der Waals surface area contributed by atoms with Gasteiger partial charge >= 0.3 is 0 Å². The first-order valence-corrected chi connectivity index (χ1v) is 11.3. The van der Waals surface area contributed by atoms with Gasteiger partial charge in [0.1, 0.15) is 41.5 Å². The summed E-state index contributed by atoms with van der Waals surface area (Å²) in [6, 6.07) is 8.46. The highest BCUT2D eigenvalue weighted by molar-refractivity contribution is 5.85. The first-order chi connectivity index (χ1) is 16.8. The highest BCUT2D eigenvalue weighted by atomic mass is 16.7. The van der Waals surface area contributed by atoms with Crippen molar-refractivity contribution in [1.82, 2.24) is 0 Å². The standard InChI is InChI=1S/C25H26O10/c1-3-12-6-14-17(8-16(12)34-25-24(30)23(29)22(28)19(9-26)35-25)33-11(2)20(21(14)27)13-4-5-15-18(7-13)32-10-31-15/h4-8,19,22-26,28-30H,3,9-10H2,1-2H3/t19-,22-,23-,24+,25+/m1/s1. The Morgan fingerprint density at radius 2 is 1.80 bits per heavy atom. The molecule has 0 unspecified atom stereocenters. The number of hydrogen-bond acceptors (Lipinski definition) is 10. The van der Waals surface area contributed by atoms with E-state index in [0.29, 0.717) is 45.8 Å². The molecule has 35 heavy (non-hydrogen) atoms. The molecule has 3 heterocycles. The Bertz CT molecular complexity index is 1310. The van der Waals surface area contributed by atoms with Crippen molar-refractivity contribution in [2.75, 3.05) is 13.4 Å². The molecule has 1 saturated heterocycles. The second-order valence-electron chi connectivity index (χ2n) is 8.56. The molecule has 0 radical (unpaired) electrons. The lowest BCUT2D eigenvalue weighted by Crippen LogP contribution is -2.60. The minimum absolute atomic E-state index is 0.126. The smallest absolute Gasteiger partial charge is 0.231 e. The van der Waals surface area contributed by atoms with Gasteiger partial charge in [0, 0.05) is 6.07 Å². The van der Waals surface area contributed by atoms with E-state index in [9.17, 15) is 25.2 Å². The summed E-state index contributed by atoms with van der Waals surface area (Å²) in [4.78, 5) is 13.5. The van der Waals surface area contributed by atoms with E-state index in [4.69, 9.17) is 23.4 Å². The van der Waals surface area contributed by atoms with Crippen LogP contribution in [-0.2, 0) is 11.2 Å². The van der Waals surface area contributed by atoms with Crippen molar-refractivity contribution in [3.05, 3.63) is 51.9 Å². The summed E-state index contributed by atoms with van der Waals surface area (Å²) in [5.41, 5.74) is 1.73. The second kappa shape index (κ2) is 9.14. The highest BCUT2D eigenvalue weighted by Gasteiger charge is 2.45. The number of ether oxygens (including phenoxy) is 4. The Morgan fingerprint density at radius 3 is 2.54 bits per heavy atom. The third-order valence-corrected chi connectivity index (χ3v) is 6.38. The van der Waals surface area contributed by atoms with E-state index in [1.165, 1.54) is 6.07 Å². The number of benzene rings is 2. The molecule has 10 heteroatoms. The number of aryl methyl sites for hydroxylation is 2. The van der Waals surface area contributed by atoms with E-state index in [1.807, 2.05) is 6.92 Å². The van der Waals surface area contributed by atoms with Gasteiger partial charge in [-0.15, -0.1) is 0 Å². The van der Waals surface area contributed by atoms with Crippen molar-refractivity contribution in [3.63, 3.8) is 0 Å². The topological polar surface area (TPSA) is 148 Å². The van der Waals surface area contributed by atoms with Crippen LogP contribution in [0.25, 0.3) is 22.1 Å². The normalized spacial score (nSPS) is 25.7. The number of aliphatic hydroxyl groups is 4. The maximum atomic E-state index is 13.5. The molecule has 2 aliphatic rings. The van der Waals surface area contributed by atoms with Gasteiger partial charge in [0.25, 0.3) is 0 Å². The third kappa shape index (κ3) is 4.03. The molecular formula is C25H26O10. The van der Waals surface area contributed by atoms with Gasteiger partial charge in [-0.1, -0.05) is 13.0 Å². The lowest BCUT2D eigenvalue weighted by Gasteiger charge is -2.39. The van der Waals surface area contributed by atoms with E-state index >= 15 is 0 Å². The highest BCUT2D eigenvalue weighted by Crippen LogP contribution is 2.37. The average Bonchev–Trinajstić information content (AvgIpc) is 3.32. The van der Waals surface area contributed by atoms with Gasteiger partial charge < -0.3 is 43.8 Å². The van der Waals surface area contributed by atoms with Crippen molar-refractivity contribution in [1.29, 1.82) is 0 Å². The Balaban J connectivity index is 1.54. The van der Waals surface area contributed by atoms with Gasteiger partial charge in [-0.3, -0.25) is 4.79 Å². The fraction of sp³-hybridized carbons (Fsp3) is 0.400. The minimum atomic E-state index is -1.57. The van der Waals surface area contributed by atoms with Crippen molar-refractivity contribution < 1.29 is 43.8 Å². The number of fused-ring (bicyclic) bond motifs is 2. The van der Waals surface area contributed by atoms with Crippen molar-refractivity contribution in [2.45, 2.75) is 51.0 Å². The first-order valence-electron chi connectivity index (χ1n) is 11.3. The zero-order valence-electron chi connectivity index (χ0n) is 19.1. The van der Waals surface area contributed by atoms with Gasteiger partial charge in [0.15, 0.2) is 11.5 Å². The van der Waals surface area contributed by atoms with Gasteiger partial charge in [-0.2, -0.15) is 0 Å². The molecule has 4 N–H and O–H groups in total. The molecule has 5 rings (SSSR count). The summed E-state index contributed by atoms with van der Waals surface area (Å²) in [6.07, 6.45) is -6.60. The predicted molar refractivity (Wildman–Crippen MR) is 123 cm³/mol. The molecule has 10 nitrogen and oxygen atoms in total. The molecule has 0 spiro atoms. The second-order valence-corrected chi connectivity index (χ2v) is 8.56. The number of aliphatic hydroxyl groups excluding tert-OH is 4. The van der Waals surface area contributed by atoms with Gasteiger partial charge in [-0.05, 0) is 42.7 Å². The van der Waals surface area contributed by atoms with Crippen LogP contribution in [-0.4, -0.2) is 64.5 Å². The van der Waals surface area contributed by atoms with Gasteiger partial charge in [0.2, 0.25) is 18.5 Å². The van der Waals surface area contributed by atoms with Crippen molar-refractivity contribution >= 4 is 11.0 Å². The molecule has 2 aliphatic heterocycles. The molecule has 1 fully saturated rings. The van der Waals surface area contributed by atoms with E-state index < -0.39 is 37.3 Å². The molecule has 186 valence electrons. The fourth-order valence-electron chi connectivity index (χ4n) is 4.44. The monoisotopic (exact) mass is 486 g/mol.